The molecule has 0 heterocycles. The zero-order valence-electron chi connectivity index (χ0n) is 11.2. The van der Waals surface area contributed by atoms with E-state index in [2.05, 4.69) is 10.6 Å². The lowest BCUT2D eigenvalue weighted by Gasteiger charge is -2.17. The minimum atomic E-state index is -3.46. The predicted octanol–water partition coefficient (Wildman–Crippen LogP) is -0.194. The normalized spacial score (nSPS) is 11.1. The molecule has 2 N–H and O–H groups in total. The summed E-state index contributed by atoms with van der Waals surface area (Å²) in [5.41, 5.74) is 0. The number of likely N-dealkylation sites (N-methyl/N-ethyl adjacent to an activating group) is 1. The van der Waals surface area contributed by atoms with Gasteiger partial charge < -0.3 is 10.6 Å². The highest BCUT2D eigenvalue weighted by Gasteiger charge is 2.22. The van der Waals surface area contributed by atoms with Gasteiger partial charge in [0.15, 0.2) is 0 Å². The quantitative estimate of drug-likeness (QED) is 0.579. The first-order valence-electron chi connectivity index (χ1n) is 5.93. The molecule has 0 aromatic rings. The van der Waals surface area contributed by atoms with Crippen molar-refractivity contribution in [2.75, 3.05) is 38.5 Å². The molecule has 0 spiro atoms. The van der Waals surface area contributed by atoms with E-state index in [4.69, 9.17) is 0 Å². The number of carbonyl (C=O) groups is 1. The third-order valence-corrected chi connectivity index (χ3v) is 4.22. The first kappa shape index (κ1) is 20.0. The van der Waals surface area contributed by atoms with Gasteiger partial charge in [-0.05, 0) is 6.54 Å². The number of hydrogen-bond acceptors (Lipinski definition) is 4. The molecule has 0 fully saturated rings. The van der Waals surface area contributed by atoms with Crippen molar-refractivity contribution in [1.82, 2.24) is 14.9 Å². The van der Waals surface area contributed by atoms with Gasteiger partial charge in [0, 0.05) is 26.2 Å². The van der Waals surface area contributed by atoms with E-state index >= 15 is 0 Å². The number of sulfonamides is 1. The van der Waals surface area contributed by atoms with Crippen molar-refractivity contribution in [3.8, 4) is 0 Å². The molecule has 0 aromatic heterocycles. The van der Waals surface area contributed by atoms with E-state index in [1.807, 2.05) is 6.92 Å². The van der Waals surface area contributed by atoms with E-state index in [1.165, 1.54) is 4.31 Å². The molecule has 0 bridgehead atoms. The molecule has 0 saturated carbocycles. The predicted molar refractivity (Wildman–Crippen MR) is 75.5 cm³/mol. The third kappa shape index (κ3) is 7.86. The van der Waals surface area contributed by atoms with Crippen LogP contribution in [0.25, 0.3) is 0 Å². The second-order valence-electron chi connectivity index (χ2n) is 3.54. The van der Waals surface area contributed by atoms with Crippen LogP contribution in [0.3, 0.4) is 0 Å². The summed E-state index contributed by atoms with van der Waals surface area (Å²) in [7, 11) is -3.46. The van der Waals surface area contributed by atoms with Crippen LogP contribution >= 0.6 is 12.4 Å². The minimum absolute atomic E-state index is 0. The van der Waals surface area contributed by atoms with Crippen LogP contribution in [0.4, 0.5) is 0 Å². The van der Waals surface area contributed by atoms with Gasteiger partial charge in [0.05, 0.1) is 0 Å². The molecule has 0 radical (unpaired) electrons. The van der Waals surface area contributed by atoms with Crippen LogP contribution < -0.4 is 10.6 Å². The maximum absolute atomic E-state index is 11.7. The zero-order chi connectivity index (χ0) is 13.3. The molecule has 1 amide bonds. The molecule has 0 saturated heterocycles. The Morgan fingerprint density at radius 1 is 1.11 bits per heavy atom. The summed E-state index contributed by atoms with van der Waals surface area (Å²) in [4.78, 5) is 11.4. The Labute approximate surface area is 116 Å². The van der Waals surface area contributed by atoms with E-state index in [0.29, 0.717) is 26.2 Å². The summed E-state index contributed by atoms with van der Waals surface area (Å²) in [5, 5.41) is 5.61. The Kier molecular flexibility index (Phi) is 11.7. The fourth-order valence-electron chi connectivity index (χ4n) is 1.39. The molecule has 0 rings (SSSR count). The van der Waals surface area contributed by atoms with Crippen molar-refractivity contribution in [1.29, 1.82) is 0 Å². The Morgan fingerprint density at radius 3 is 2.11 bits per heavy atom. The first-order chi connectivity index (χ1) is 7.97. The fraction of sp³-hybridized carbons (Fsp3) is 0.900. The summed E-state index contributed by atoms with van der Waals surface area (Å²) >= 11 is 0. The van der Waals surface area contributed by atoms with E-state index in [-0.39, 0.29) is 12.4 Å². The summed E-state index contributed by atoms with van der Waals surface area (Å²) in [6.07, 6.45) is 0. The lowest BCUT2D eigenvalue weighted by Crippen LogP contribution is -2.40. The van der Waals surface area contributed by atoms with Gasteiger partial charge in [0.2, 0.25) is 15.9 Å². The van der Waals surface area contributed by atoms with Crippen LogP contribution in [-0.2, 0) is 14.8 Å². The van der Waals surface area contributed by atoms with Gasteiger partial charge in [-0.2, -0.15) is 0 Å². The Hall–Kier alpha value is -0.370. The average molecular weight is 302 g/mol. The highest BCUT2D eigenvalue weighted by Crippen LogP contribution is 2.00. The lowest BCUT2D eigenvalue weighted by molar-refractivity contribution is -0.118. The van der Waals surface area contributed by atoms with Crippen molar-refractivity contribution in [2.24, 2.45) is 0 Å². The van der Waals surface area contributed by atoms with Gasteiger partial charge in [0.25, 0.3) is 0 Å². The van der Waals surface area contributed by atoms with Crippen LogP contribution in [0.5, 0.6) is 0 Å². The molecule has 8 heteroatoms. The number of rotatable bonds is 9. The van der Waals surface area contributed by atoms with E-state index in [1.54, 1.807) is 13.8 Å². The standard InChI is InChI=1S/C10H23N3O3S.ClH/c1-4-11-7-8-12-10(14)9-17(15,16)13(5-2)6-3;/h11H,4-9H2,1-3H3,(H,12,14);1H. The van der Waals surface area contributed by atoms with Gasteiger partial charge in [0.1, 0.15) is 5.75 Å². The van der Waals surface area contributed by atoms with Gasteiger partial charge in [-0.1, -0.05) is 20.8 Å². The molecule has 0 aliphatic heterocycles. The van der Waals surface area contributed by atoms with Crippen LogP contribution in [0, 0.1) is 0 Å². The van der Waals surface area contributed by atoms with Crippen molar-refractivity contribution in [3.05, 3.63) is 0 Å². The molecule has 0 aromatic carbocycles. The molecule has 0 unspecified atom stereocenters. The number of nitrogens with zero attached hydrogens (tertiary/aromatic N) is 1. The van der Waals surface area contributed by atoms with Crippen molar-refractivity contribution < 1.29 is 13.2 Å². The number of hydrogen-bond donors (Lipinski definition) is 2. The molecule has 0 atom stereocenters. The van der Waals surface area contributed by atoms with Crippen molar-refractivity contribution in [3.63, 3.8) is 0 Å². The average Bonchev–Trinajstić information content (AvgIpc) is 2.25. The molecular weight excluding hydrogens is 278 g/mol. The van der Waals surface area contributed by atoms with Crippen molar-refractivity contribution in [2.45, 2.75) is 20.8 Å². The second-order valence-corrected chi connectivity index (χ2v) is 5.51. The van der Waals surface area contributed by atoms with E-state index < -0.39 is 21.7 Å². The van der Waals surface area contributed by atoms with E-state index in [9.17, 15) is 13.2 Å². The molecule has 6 nitrogen and oxygen atoms in total. The zero-order valence-corrected chi connectivity index (χ0v) is 12.9. The summed E-state index contributed by atoms with van der Waals surface area (Å²) < 4.78 is 24.8. The maximum Gasteiger partial charge on any atom is 0.236 e. The smallest absolute Gasteiger partial charge is 0.236 e. The van der Waals surface area contributed by atoms with Crippen LogP contribution in [-0.4, -0.2) is 57.1 Å². The lowest BCUT2D eigenvalue weighted by atomic mass is 10.5. The second kappa shape index (κ2) is 10.5. The largest absolute Gasteiger partial charge is 0.354 e. The number of carbonyl (C=O) groups excluding carboxylic acids is 1. The van der Waals surface area contributed by atoms with Gasteiger partial charge in [-0.25, -0.2) is 12.7 Å². The highest BCUT2D eigenvalue weighted by molar-refractivity contribution is 7.89. The topological polar surface area (TPSA) is 78.5 Å². The molecule has 0 aliphatic carbocycles. The SMILES string of the molecule is CCNCCNC(=O)CS(=O)(=O)N(CC)CC.Cl. The summed E-state index contributed by atoms with van der Waals surface area (Å²) in [6.45, 7) is 8.18. The molecule has 18 heavy (non-hydrogen) atoms. The Bertz CT molecular complexity index is 318. The molecular formula is C10H24ClN3O3S. The third-order valence-electron chi connectivity index (χ3n) is 2.29. The van der Waals surface area contributed by atoms with E-state index in [0.717, 1.165) is 6.54 Å². The number of halogens is 1. The first-order valence-corrected chi connectivity index (χ1v) is 7.54. The van der Waals surface area contributed by atoms with Crippen molar-refractivity contribution >= 4 is 28.3 Å². The number of nitrogens with one attached hydrogen (secondary N) is 2. The summed E-state index contributed by atoms with van der Waals surface area (Å²) in [5.74, 6) is -0.921. The van der Waals surface area contributed by atoms with Crippen LogP contribution in [0.15, 0.2) is 0 Å². The highest BCUT2D eigenvalue weighted by atomic mass is 35.5. The maximum atomic E-state index is 11.7. The Balaban J connectivity index is 0. The number of amides is 1. The molecule has 0 aliphatic rings. The Morgan fingerprint density at radius 2 is 1.67 bits per heavy atom. The monoisotopic (exact) mass is 301 g/mol. The van der Waals surface area contributed by atoms with Crippen LogP contribution in [0.1, 0.15) is 20.8 Å². The summed E-state index contributed by atoms with van der Waals surface area (Å²) in [6, 6.07) is 0. The minimum Gasteiger partial charge on any atom is -0.354 e. The van der Waals surface area contributed by atoms with Gasteiger partial charge >= 0.3 is 0 Å². The van der Waals surface area contributed by atoms with Crippen LogP contribution in [0.2, 0.25) is 0 Å². The molecule has 110 valence electrons. The fourth-order valence-corrected chi connectivity index (χ4v) is 2.79. The van der Waals surface area contributed by atoms with Gasteiger partial charge in [-0.15, -0.1) is 12.4 Å². The van der Waals surface area contributed by atoms with Gasteiger partial charge in [-0.3, -0.25) is 4.79 Å².